The molecular weight excluding hydrogens is 224 g/mol. The van der Waals surface area contributed by atoms with Crippen LogP contribution in [0.5, 0.6) is 0 Å². The summed E-state index contributed by atoms with van der Waals surface area (Å²) in [7, 11) is 0. The average molecular weight is 242 g/mol. The number of carbonyl (C=O) groups excluding carboxylic acids is 1. The molecule has 1 aliphatic heterocycles. The Morgan fingerprint density at radius 3 is 2.56 bits per heavy atom. The molecule has 0 bridgehead atoms. The maximum atomic E-state index is 12.4. The lowest BCUT2D eigenvalue weighted by Gasteiger charge is -2.30. The van der Waals surface area contributed by atoms with Gasteiger partial charge in [0.05, 0.1) is 5.56 Å². The first-order valence-corrected chi connectivity index (χ1v) is 6.34. The van der Waals surface area contributed by atoms with Crippen LogP contribution in [-0.4, -0.2) is 18.9 Å². The summed E-state index contributed by atoms with van der Waals surface area (Å²) in [6.45, 7) is 7.44. The van der Waals surface area contributed by atoms with Gasteiger partial charge in [-0.3, -0.25) is 4.79 Å². The zero-order chi connectivity index (χ0) is 13.3. The summed E-state index contributed by atoms with van der Waals surface area (Å²) >= 11 is 0. The van der Waals surface area contributed by atoms with Gasteiger partial charge in [0.2, 0.25) is 0 Å². The van der Waals surface area contributed by atoms with Crippen molar-refractivity contribution in [2.24, 2.45) is 5.92 Å². The van der Waals surface area contributed by atoms with Crippen LogP contribution in [0.25, 0.3) is 0 Å². The molecule has 1 aromatic carbocycles. The molecule has 3 heteroatoms. The largest absolute Gasteiger partial charge is 0.315 e. The van der Waals surface area contributed by atoms with Crippen LogP contribution in [0.15, 0.2) is 12.1 Å². The van der Waals surface area contributed by atoms with Crippen LogP contribution in [0.1, 0.15) is 46.8 Å². The molecule has 3 nitrogen and oxygen atoms in total. The number of nitrogens with zero attached hydrogens (tertiary/aromatic N) is 1. The third-order valence-electron chi connectivity index (χ3n) is 3.55. The lowest BCUT2D eigenvalue weighted by molar-refractivity contribution is 0.0937. The van der Waals surface area contributed by atoms with Crippen LogP contribution in [0.4, 0.5) is 0 Å². The first kappa shape index (κ1) is 12.8. The molecular formula is C15H18N2O. The minimum Gasteiger partial charge on any atom is -0.315 e. The molecule has 94 valence electrons. The highest BCUT2D eigenvalue weighted by molar-refractivity contribution is 6.01. The van der Waals surface area contributed by atoms with Crippen molar-refractivity contribution in [3.63, 3.8) is 0 Å². The number of ketones is 1. The second-order valence-corrected chi connectivity index (χ2v) is 5.21. The predicted octanol–water partition coefficient (Wildman–Crippen LogP) is 2.39. The van der Waals surface area contributed by atoms with Gasteiger partial charge in [0.25, 0.3) is 0 Å². The number of carbonyl (C=O) groups is 1. The molecule has 0 amide bonds. The molecule has 0 spiro atoms. The second kappa shape index (κ2) is 4.91. The Labute approximate surface area is 108 Å². The van der Waals surface area contributed by atoms with Crippen LogP contribution >= 0.6 is 0 Å². The van der Waals surface area contributed by atoms with Gasteiger partial charge in [0.1, 0.15) is 6.07 Å². The molecule has 0 saturated carbocycles. The summed E-state index contributed by atoms with van der Waals surface area (Å²) in [5, 5.41) is 12.5. The third-order valence-corrected chi connectivity index (χ3v) is 3.55. The van der Waals surface area contributed by atoms with Crippen molar-refractivity contribution in [2.75, 3.05) is 13.1 Å². The zero-order valence-corrected chi connectivity index (χ0v) is 11.1. The maximum absolute atomic E-state index is 12.4. The highest BCUT2D eigenvalue weighted by Crippen LogP contribution is 2.29. The Morgan fingerprint density at radius 2 is 2.11 bits per heavy atom. The van der Waals surface area contributed by atoms with Crippen LogP contribution in [0, 0.1) is 24.2 Å². The van der Waals surface area contributed by atoms with E-state index in [0.717, 1.165) is 24.2 Å². The van der Waals surface area contributed by atoms with Gasteiger partial charge in [-0.15, -0.1) is 0 Å². The zero-order valence-electron chi connectivity index (χ0n) is 11.1. The van der Waals surface area contributed by atoms with Crippen molar-refractivity contribution in [1.82, 2.24) is 5.32 Å². The summed E-state index contributed by atoms with van der Waals surface area (Å²) in [5.41, 5.74) is 3.13. The Balaban J connectivity index is 2.60. The van der Waals surface area contributed by atoms with Crippen LogP contribution in [-0.2, 0) is 0 Å². The van der Waals surface area contributed by atoms with Gasteiger partial charge in [-0.2, -0.15) is 5.26 Å². The number of hydrogen-bond donors (Lipinski definition) is 1. The summed E-state index contributed by atoms with van der Waals surface area (Å²) < 4.78 is 0. The molecule has 0 aromatic heterocycles. The van der Waals surface area contributed by atoms with Gasteiger partial charge in [-0.1, -0.05) is 26.0 Å². The Morgan fingerprint density at radius 1 is 1.44 bits per heavy atom. The van der Waals surface area contributed by atoms with Crippen molar-refractivity contribution in [3.05, 3.63) is 34.4 Å². The van der Waals surface area contributed by atoms with Crippen molar-refractivity contribution in [3.8, 4) is 6.07 Å². The molecule has 0 unspecified atom stereocenters. The normalized spacial score (nSPS) is 15.3. The van der Waals surface area contributed by atoms with Gasteiger partial charge in [-0.05, 0) is 18.1 Å². The van der Waals surface area contributed by atoms with Crippen LogP contribution < -0.4 is 5.32 Å². The number of aryl methyl sites for hydroxylation is 1. The smallest absolute Gasteiger partial charge is 0.167 e. The average Bonchev–Trinajstić information content (AvgIpc) is 2.27. The molecule has 1 fully saturated rings. The number of hydrogen-bond acceptors (Lipinski definition) is 3. The molecule has 2 rings (SSSR count). The number of Topliss-reactive ketones (excluding diaryl/α,β-unsaturated/α-hetero) is 1. The lowest BCUT2D eigenvalue weighted by atomic mass is 9.82. The van der Waals surface area contributed by atoms with Gasteiger partial charge in [0.15, 0.2) is 5.78 Å². The van der Waals surface area contributed by atoms with E-state index in [9.17, 15) is 10.1 Å². The third kappa shape index (κ3) is 2.04. The number of rotatable bonds is 3. The molecule has 0 radical (unpaired) electrons. The molecule has 0 aliphatic carbocycles. The first-order valence-electron chi connectivity index (χ1n) is 6.34. The Hall–Kier alpha value is -1.66. The molecule has 1 aliphatic rings. The maximum Gasteiger partial charge on any atom is 0.167 e. The van der Waals surface area contributed by atoms with E-state index in [1.54, 1.807) is 0 Å². The van der Waals surface area contributed by atoms with Gasteiger partial charge in [-0.25, -0.2) is 0 Å². The standard InChI is InChI=1S/C15H18N2O/c1-9(2)15(18)14-12(11-7-17-8-11)5-4-10(3)13(14)6-16/h4-5,9,11,17H,7-8H2,1-3H3. The van der Waals surface area contributed by atoms with E-state index in [0.29, 0.717) is 17.0 Å². The molecule has 1 aromatic rings. The fourth-order valence-corrected chi connectivity index (χ4v) is 2.27. The summed E-state index contributed by atoms with van der Waals surface area (Å²) in [4.78, 5) is 12.4. The molecule has 1 heterocycles. The summed E-state index contributed by atoms with van der Waals surface area (Å²) in [6.07, 6.45) is 0. The minimum atomic E-state index is -0.0781. The summed E-state index contributed by atoms with van der Waals surface area (Å²) in [6, 6.07) is 6.16. The molecule has 1 saturated heterocycles. The number of nitrogens with one attached hydrogen (secondary N) is 1. The number of benzene rings is 1. The van der Waals surface area contributed by atoms with Crippen molar-refractivity contribution in [2.45, 2.75) is 26.7 Å². The van der Waals surface area contributed by atoms with Gasteiger partial charge in [0, 0.05) is 30.5 Å². The predicted molar refractivity (Wildman–Crippen MR) is 70.7 cm³/mol. The first-order chi connectivity index (χ1) is 8.56. The van der Waals surface area contributed by atoms with Crippen LogP contribution in [0.2, 0.25) is 0 Å². The minimum absolute atomic E-state index is 0.0781. The monoisotopic (exact) mass is 242 g/mol. The molecule has 1 N–H and O–H groups in total. The van der Waals surface area contributed by atoms with Gasteiger partial charge < -0.3 is 5.32 Å². The van der Waals surface area contributed by atoms with E-state index in [4.69, 9.17) is 0 Å². The van der Waals surface area contributed by atoms with Gasteiger partial charge >= 0.3 is 0 Å². The fourth-order valence-electron chi connectivity index (χ4n) is 2.27. The quantitative estimate of drug-likeness (QED) is 0.828. The van der Waals surface area contributed by atoms with Crippen LogP contribution in [0.3, 0.4) is 0 Å². The van der Waals surface area contributed by atoms with E-state index in [2.05, 4.69) is 11.4 Å². The number of nitriles is 1. The van der Waals surface area contributed by atoms with Crippen molar-refractivity contribution >= 4 is 5.78 Å². The van der Waals surface area contributed by atoms with E-state index in [1.807, 2.05) is 32.9 Å². The SMILES string of the molecule is Cc1ccc(C2CNC2)c(C(=O)C(C)C)c1C#N. The van der Waals surface area contributed by atoms with E-state index in [1.165, 1.54) is 0 Å². The lowest BCUT2D eigenvalue weighted by Crippen LogP contribution is -2.40. The fraction of sp³-hybridized carbons (Fsp3) is 0.467. The summed E-state index contributed by atoms with van der Waals surface area (Å²) in [5.74, 6) is 0.373. The Bertz CT molecular complexity index is 522. The van der Waals surface area contributed by atoms with E-state index < -0.39 is 0 Å². The molecule has 0 atom stereocenters. The Kier molecular flexibility index (Phi) is 3.49. The topological polar surface area (TPSA) is 52.9 Å². The van der Waals surface area contributed by atoms with Crippen molar-refractivity contribution in [1.29, 1.82) is 5.26 Å². The second-order valence-electron chi connectivity index (χ2n) is 5.21. The highest BCUT2D eigenvalue weighted by atomic mass is 16.1. The van der Waals surface area contributed by atoms with E-state index in [-0.39, 0.29) is 11.7 Å². The van der Waals surface area contributed by atoms with E-state index >= 15 is 0 Å². The highest BCUT2D eigenvalue weighted by Gasteiger charge is 2.28. The molecule has 18 heavy (non-hydrogen) atoms. The van der Waals surface area contributed by atoms with Crippen molar-refractivity contribution < 1.29 is 4.79 Å².